The molecule has 1 aromatic rings. The zero-order chi connectivity index (χ0) is 11.0. The minimum Gasteiger partial charge on any atom is -0.385 e. The van der Waals surface area contributed by atoms with E-state index < -0.39 is 0 Å². The number of hydrogen-bond donors (Lipinski definition) is 3. The van der Waals surface area contributed by atoms with E-state index in [1.54, 1.807) is 0 Å². The first kappa shape index (κ1) is 12.8. The fraction of sp³-hybridized carbons (Fsp3) is 0.455. The predicted molar refractivity (Wildman–Crippen MR) is 62.1 cm³/mol. The van der Waals surface area contributed by atoms with Crippen molar-refractivity contribution in [3.05, 3.63) is 23.8 Å². The van der Waals surface area contributed by atoms with Gasteiger partial charge in [0.15, 0.2) is 0 Å². The van der Waals surface area contributed by atoms with Crippen LogP contribution in [0.3, 0.4) is 0 Å². The van der Waals surface area contributed by atoms with Crippen molar-refractivity contribution in [2.45, 2.75) is 27.7 Å². The molecule has 1 rings (SSSR count). The van der Waals surface area contributed by atoms with E-state index in [4.69, 9.17) is 5.21 Å². The molecule has 0 aromatic heterocycles. The van der Waals surface area contributed by atoms with Crippen molar-refractivity contribution >= 4 is 11.4 Å². The summed E-state index contributed by atoms with van der Waals surface area (Å²) in [6.07, 6.45) is 0. The van der Waals surface area contributed by atoms with Gasteiger partial charge in [-0.25, -0.2) is 0 Å². The minimum atomic E-state index is 0.717. The molecule has 0 atom stereocenters. The van der Waals surface area contributed by atoms with E-state index in [-0.39, 0.29) is 0 Å². The molecule has 14 heavy (non-hydrogen) atoms. The van der Waals surface area contributed by atoms with E-state index in [1.165, 1.54) is 0 Å². The van der Waals surface area contributed by atoms with Gasteiger partial charge < -0.3 is 5.32 Å². The molecule has 1 aromatic carbocycles. The van der Waals surface area contributed by atoms with Crippen LogP contribution in [0.1, 0.15) is 26.3 Å². The molecule has 0 aliphatic rings. The fourth-order valence-electron chi connectivity index (χ4n) is 1.12. The lowest BCUT2D eigenvalue weighted by molar-refractivity contribution is 0.389. The second-order valence-electron chi connectivity index (χ2n) is 2.67. The highest BCUT2D eigenvalue weighted by Crippen LogP contribution is 2.18. The van der Waals surface area contributed by atoms with Crippen LogP contribution in [-0.2, 0) is 0 Å². The Bertz CT molecular complexity index is 261. The Kier molecular flexibility index (Phi) is 6.58. The third-order valence-electron chi connectivity index (χ3n) is 1.72. The lowest BCUT2D eigenvalue weighted by Crippen LogP contribution is -1.99. The Morgan fingerprint density at radius 1 is 1.29 bits per heavy atom. The van der Waals surface area contributed by atoms with Crippen LogP contribution in [0.15, 0.2) is 18.2 Å². The normalized spacial score (nSPS) is 8.64. The highest BCUT2D eigenvalue weighted by Gasteiger charge is 1.96. The van der Waals surface area contributed by atoms with Crippen LogP contribution < -0.4 is 10.8 Å². The maximum atomic E-state index is 8.61. The van der Waals surface area contributed by atoms with Gasteiger partial charge in [0.1, 0.15) is 0 Å². The first-order valence-corrected chi connectivity index (χ1v) is 5.02. The number of benzene rings is 1. The van der Waals surface area contributed by atoms with Gasteiger partial charge in [-0.1, -0.05) is 13.8 Å². The molecule has 0 aliphatic carbocycles. The number of anilines is 2. The van der Waals surface area contributed by atoms with Crippen LogP contribution in [0.5, 0.6) is 0 Å². The molecule has 0 saturated heterocycles. The van der Waals surface area contributed by atoms with Crippen molar-refractivity contribution in [2.24, 2.45) is 0 Å². The summed E-state index contributed by atoms with van der Waals surface area (Å²) in [5, 5.41) is 11.8. The van der Waals surface area contributed by atoms with Crippen LogP contribution in [0.2, 0.25) is 0 Å². The summed E-state index contributed by atoms with van der Waals surface area (Å²) in [6.45, 7) is 8.96. The van der Waals surface area contributed by atoms with Gasteiger partial charge in [0.2, 0.25) is 0 Å². The average molecular weight is 196 g/mol. The Balaban J connectivity index is 0.000000791. The summed E-state index contributed by atoms with van der Waals surface area (Å²) in [4.78, 5) is 0. The van der Waals surface area contributed by atoms with Gasteiger partial charge >= 0.3 is 0 Å². The van der Waals surface area contributed by atoms with E-state index in [0.717, 1.165) is 17.8 Å². The summed E-state index contributed by atoms with van der Waals surface area (Å²) in [6, 6.07) is 5.65. The van der Waals surface area contributed by atoms with Gasteiger partial charge in [-0.05, 0) is 37.6 Å². The molecule has 0 heterocycles. The molecule has 0 aliphatic heterocycles. The largest absolute Gasteiger partial charge is 0.385 e. The van der Waals surface area contributed by atoms with Gasteiger partial charge in [0.25, 0.3) is 0 Å². The lowest BCUT2D eigenvalue weighted by Gasteiger charge is -2.08. The molecule has 0 unspecified atom stereocenters. The molecular weight excluding hydrogens is 176 g/mol. The van der Waals surface area contributed by atoms with Crippen molar-refractivity contribution in [2.75, 3.05) is 17.3 Å². The van der Waals surface area contributed by atoms with E-state index in [2.05, 4.69) is 17.7 Å². The maximum Gasteiger partial charge on any atom is 0.0606 e. The summed E-state index contributed by atoms with van der Waals surface area (Å²) < 4.78 is 0. The maximum absolute atomic E-state index is 8.61. The van der Waals surface area contributed by atoms with Gasteiger partial charge in [-0.3, -0.25) is 10.7 Å². The first-order chi connectivity index (χ1) is 6.77. The summed E-state index contributed by atoms with van der Waals surface area (Å²) in [7, 11) is 0. The quantitative estimate of drug-likeness (QED) is 0.650. The number of aryl methyl sites for hydroxylation is 1. The Hall–Kier alpha value is -1.22. The highest BCUT2D eigenvalue weighted by molar-refractivity contribution is 5.58. The van der Waals surface area contributed by atoms with Crippen molar-refractivity contribution in [1.82, 2.24) is 0 Å². The number of hydrogen-bond acceptors (Lipinski definition) is 3. The minimum absolute atomic E-state index is 0.717. The summed E-state index contributed by atoms with van der Waals surface area (Å²) in [5.41, 5.74) is 5.06. The Labute approximate surface area is 86.1 Å². The second kappa shape index (κ2) is 7.21. The summed E-state index contributed by atoms with van der Waals surface area (Å²) >= 11 is 0. The molecule has 3 heteroatoms. The van der Waals surface area contributed by atoms with Crippen molar-refractivity contribution in [3.8, 4) is 0 Å². The molecule has 0 spiro atoms. The van der Waals surface area contributed by atoms with Crippen molar-refractivity contribution < 1.29 is 5.21 Å². The standard InChI is InChI=1S/C9H14N2O.C2H6/c1-3-10-9-5-4-8(11-12)6-7(9)2;1-2/h4-6,10-12H,3H2,1-2H3;1-2H3. The van der Waals surface area contributed by atoms with Gasteiger partial charge in [0.05, 0.1) is 5.69 Å². The van der Waals surface area contributed by atoms with E-state index in [0.29, 0.717) is 5.69 Å². The van der Waals surface area contributed by atoms with E-state index in [9.17, 15) is 0 Å². The van der Waals surface area contributed by atoms with E-state index >= 15 is 0 Å². The predicted octanol–water partition coefficient (Wildman–Crippen LogP) is 3.25. The van der Waals surface area contributed by atoms with Crippen LogP contribution in [0.25, 0.3) is 0 Å². The highest BCUT2D eigenvalue weighted by atomic mass is 16.5. The van der Waals surface area contributed by atoms with Crippen molar-refractivity contribution in [1.29, 1.82) is 0 Å². The molecule has 0 saturated carbocycles. The number of nitrogens with one attached hydrogen (secondary N) is 2. The van der Waals surface area contributed by atoms with Crippen molar-refractivity contribution in [3.63, 3.8) is 0 Å². The third kappa shape index (κ3) is 3.66. The van der Waals surface area contributed by atoms with Gasteiger partial charge in [0, 0.05) is 12.2 Å². The summed E-state index contributed by atoms with van der Waals surface area (Å²) in [5.74, 6) is 0. The second-order valence-corrected chi connectivity index (χ2v) is 2.67. The smallest absolute Gasteiger partial charge is 0.0606 e. The molecule has 0 bridgehead atoms. The monoisotopic (exact) mass is 196 g/mol. The molecule has 0 radical (unpaired) electrons. The van der Waals surface area contributed by atoms with Crippen LogP contribution in [0.4, 0.5) is 11.4 Å². The first-order valence-electron chi connectivity index (χ1n) is 5.02. The molecule has 0 amide bonds. The SMILES string of the molecule is CC.CCNc1ccc(NO)cc1C. The van der Waals surface area contributed by atoms with Crippen LogP contribution in [-0.4, -0.2) is 11.8 Å². The number of rotatable bonds is 3. The lowest BCUT2D eigenvalue weighted by atomic mass is 10.2. The molecular formula is C11H20N2O. The zero-order valence-corrected chi connectivity index (χ0v) is 9.39. The average Bonchev–Trinajstić information content (AvgIpc) is 2.24. The van der Waals surface area contributed by atoms with Gasteiger partial charge in [-0.15, -0.1) is 0 Å². The fourth-order valence-corrected chi connectivity index (χ4v) is 1.12. The van der Waals surface area contributed by atoms with Gasteiger partial charge in [-0.2, -0.15) is 0 Å². The molecule has 0 fully saturated rings. The molecule has 80 valence electrons. The van der Waals surface area contributed by atoms with E-state index in [1.807, 2.05) is 39.0 Å². The van der Waals surface area contributed by atoms with Crippen LogP contribution >= 0.6 is 0 Å². The Morgan fingerprint density at radius 3 is 2.36 bits per heavy atom. The molecule has 3 nitrogen and oxygen atoms in total. The topological polar surface area (TPSA) is 44.3 Å². The molecule has 3 N–H and O–H groups in total. The zero-order valence-electron chi connectivity index (χ0n) is 9.39. The Morgan fingerprint density at radius 2 is 1.93 bits per heavy atom. The third-order valence-corrected chi connectivity index (χ3v) is 1.72. The van der Waals surface area contributed by atoms with Crippen LogP contribution in [0, 0.1) is 6.92 Å².